The molecule has 1 aromatic carbocycles. The number of ether oxygens (including phenoxy) is 1. The van der Waals surface area contributed by atoms with Crippen LogP contribution < -0.4 is 10.6 Å². The van der Waals surface area contributed by atoms with Gasteiger partial charge in [-0.15, -0.1) is 21.5 Å². The third-order valence-electron chi connectivity index (χ3n) is 3.77. The molecule has 0 aliphatic rings. The first-order valence-electron chi connectivity index (χ1n) is 8.30. The number of aryl methyl sites for hydroxylation is 1. The van der Waals surface area contributed by atoms with Crippen LogP contribution in [0.15, 0.2) is 51.4 Å². The molecule has 10 heteroatoms. The van der Waals surface area contributed by atoms with E-state index < -0.39 is 0 Å². The molecule has 0 amide bonds. The first-order chi connectivity index (χ1) is 13.6. The highest BCUT2D eigenvalue weighted by atomic mass is 32.2. The van der Waals surface area contributed by atoms with Gasteiger partial charge in [0.1, 0.15) is 23.9 Å². The van der Waals surface area contributed by atoms with Crippen LogP contribution >= 0.6 is 23.1 Å². The van der Waals surface area contributed by atoms with Gasteiger partial charge in [-0.25, -0.2) is 14.1 Å². The number of hydrogen-bond donors (Lipinski definition) is 1. The number of hydrogen-bond acceptors (Lipinski definition) is 8. The zero-order valence-corrected chi connectivity index (χ0v) is 16.5. The summed E-state index contributed by atoms with van der Waals surface area (Å²) in [4.78, 5) is 4.58. The van der Waals surface area contributed by atoms with Crippen molar-refractivity contribution in [1.82, 2.24) is 19.9 Å². The minimum Gasteiger partial charge on any atom is -0.486 e. The van der Waals surface area contributed by atoms with Crippen LogP contribution in [0.1, 0.15) is 17.3 Å². The van der Waals surface area contributed by atoms with Gasteiger partial charge in [-0.05, 0) is 43.3 Å². The smallest absolute Gasteiger partial charge is 0.210 e. The lowest BCUT2D eigenvalue weighted by molar-refractivity contribution is 0.291. The van der Waals surface area contributed by atoms with Gasteiger partial charge in [-0.1, -0.05) is 11.8 Å². The molecule has 7 nitrogen and oxygen atoms in total. The lowest BCUT2D eigenvalue weighted by Gasteiger charge is -2.06. The highest BCUT2D eigenvalue weighted by Gasteiger charge is 2.13. The number of thioether (sulfide) groups is 1. The van der Waals surface area contributed by atoms with Gasteiger partial charge in [0, 0.05) is 11.1 Å². The maximum atomic E-state index is 12.9. The van der Waals surface area contributed by atoms with Gasteiger partial charge >= 0.3 is 0 Å². The van der Waals surface area contributed by atoms with E-state index in [0.717, 1.165) is 22.2 Å². The van der Waals surface area contributed by atoms with Gasteiger partial charge in [0.05, 0.1) is 5.69 Å². The van der Waals surface area contributed by atoms with E-state index >= 15 is 0 Å². The molecule has 0 bridgehead atoms. The predicted molar refractivity (Wildman–Crippen MR) is 105 cm³/mol. The molecule has 0 fully saturated rings. The van der Waals surface area contributed by atoms with E-state index in [1.807, 2.05) is 24.4 Å². The van der Waals surface area contributed by atoms with Gasteiger partial charge in [-0.2, -0.15) is 0 Å². The molecule has 2 N–H and O–H groups in total. The van der Waals surface area contributed by atoms with Gasteiger partial charge in [-0.3, -0.25) is 0 Å². The average molecular weight is 417 g/mol. The molecule has 4 rings (SSSR count). The molecule has 0 spiro atoms. The fourth-order valence-electron chi connectivity index (χ4n) is 2.36. The number of furan rings is 1. The second kappa shape index (κ2) is 8.03. The molecule has 0 aliphatic heterocycles. The summed E-state index contributed by atoms with van der Waals surface area (Å²) in [6.45, 7) is 2.04. The molecule has 0 radical (unpaired) electrons. The molecule has 0 atom stereocenters. The van der Waals surface area contributed by atoms with Crippen LogP contribution in [-0.4, -0.2) is 19.9 Å². The van der Waals surface area contributed by atoms with E-state index in [9.17, 15) is 4.39 Å². The van der Waals surface area contributed by atoms with E-state index in [1.165, 1.54) is 39.9 Å². The molecule has 144 valence electrons. The summed E-state index contributed by atoms with van der Waals surface area (Å²) in [7, 11) is 0. The SMILES string of the molecule is Cc1ccc(-c2nc(CSc3nnc(COc4ccc(F)cc4)n3N)cs2)o1. The molecule has 3 heterocycles. The Hall–Kier alpha value is -2.85. The molecular weight excluding hydrogens is 401 g/mol. The van der Waals surface area contributed by atoms with Crippen molar-refractivity contribution in [2.24, 2.45) is 0 Å². The highest BCUT2D eigenvalue weighted by Crippen LogP contribution is 2.28. The quantitative estimate of drug-likeness (QED) is 0.358. The topological polar surface area (TPSA) is 92.0 Å². The number of nitrogens with two attached hydrogens (primary N) is 1. The van der Waals surface area contributed by atoms with Crippen LogP contribution in [0.2, 0.25) is 0 Å². The van der Waals surface area contributed by atoms with Crippen molar-refractivity contribution in [3.8, 4) is 16.5 Å². The fourth-order valence-corrected chi connectivity index (χ4v) is 4.01. The Morgan fingerprint density at radius 3 is 2.79 bits per heavy atom. The Bertz CT molecular complexity index is 1070. The Kier molecular flexibility index (Phi) is 5.31. The van der Waals surface area contributed by atoms with Crippen LogP contribution in [0, 0.1) is 12.7 Å². The summed E-state index contributed by atoms with van der Waals surface area (Å²) in [5, 5.41) is 11.5. The molecule has 4 aromatic rings. The first-order valence-corrected chi connectivity index (χ1v) is 10.2. The second-order valence-electron chi connectivity index (χ2n) is 5.85. The Morgan fingerprint density at radius 1 is 1.21 bits per heavy atom. The number of benzene rings is 1. The maximum Gasteiger partial charge on any atom is 0.210 e. The Labute approximate surface area is 168 Å². The van der Waals surface area contributed by atoms with Crippen molar-refractivity contribution >= 4 is 23.1 Å². The van der Waals surface area contributed by atoms with E-state index in [0.29, 0.717) is 22.5 Å². The van der Waals surface area contributed by atoms with E-state index in [4.69, 9.17) is 15.0 Å². The number of nitrogen functional groups attached to an aromatic ring is 1. The minimum absolute atomic E-state index is 0.133. The molecule has 0 unspecified atom stereocenters. The molecule has 0 saturated carbocycles. The third-order valence-corrected chi connectivity index (χ3v) is 5.65. The van der Waals surface area contributed by atoms with Crippen molar-refractivity contribution in [3.63, 3.8) is 0 Å². The molecule has 3 aromatic heterocycles. The third kappa shape index (κ3) is 4.18. The van der Waals surface area contributed by atoms with Crippen LogP contribution in [0.5, 0.6) is 5.75 Å². The normalized spacial score (nSPS) is 11.1. The van der Waals surface area contributed by atoms with Crippen LogP contribution in [0.3, 0.4) is 0 Å². The van der Waals surface area contributed by atoms with Gasteiger partial charge in [0.2, 0.25) is 5.16 Å². The molecule has 0 saturated heterocycles. The number of aromatic nitrogens is 4. The van der Waals surface area contributed by atoms with Gasteiger partial charge in [0.25, 0.3) is 0 Å². The van der Waals surface area contributed by atoms with Crippen LogP contribution in [0.4, 0.5) is 4.39 Å². The molecule has 28 heavy (non-hydrogen) atoms. The summed E-state index contributed by atoms with van der Waals surface area (Å²) in [6.07, 6.45) is 0. The summed E-state index contributed by atoms with van der Waals surface area (Å²) in [6, 6.07) is 9.57. The van der Waals surface area contributed by atoms with E-state index in [2.05, 4.69) is 15.2 Å². The minimum atomic E-state index is -0.319. The predicted octanol–water partition coefficient (Wildman–Crippen LogP) is 4.03. The monoisotopic (exact) mass is 417 g/mol. The number of rotatable bonds is 7. The summed E-state index contributed by atoms with van der Waals surface area (Å²) < 4.78 is 25.5. The van der Waals surface area contributed by atoms with Crippen molar-refractivity contribution in [2.75, 3.05) is 5.84 Å². The molecule has 0 aliphatic carbocycles. The average Bonchev–Trinajstić information content (AvgIpc) is 3.40. The summed E-state index contributed by atoms with van der Waals surface area (Å²) in [5.74, 6) is 8.95. The fraction of sp³-hybridized carbons (Fsp3) is 0.167. The standard InChI is InChI=1S/C18H16FN5O2S2/c1-11-2-7-15(26-11)17-21-13(9-27-17)10-28-18-23-22-16(24(18)20)8-25-14-5-3-12(19)4-6-14/h2-7,9H,8,10,20H2,1H3. The van der Waals surface area contributed by atoms with Gasteiger partial charge < -0.3 is 15.0 Å². The molecular formula is C18H16FN5O2S2. The highest BCUT2D eigenvalue weighted by molar-refractivity contribution is 7.98. The van der Waals surface area contributed by atoms with Crippen molar-refractivity contribution in [3.05, 3.63) is 64.9 Å². The van der Waals surface area contributed by atoms with Crippen molar-refractivity contribution in [2.45, 2.75) is 24.4 Å². The summed E-state index contributed by atoms with van der Waals surface area (Å²) in [5.41, 5.74) is 0.908. The maximum absolute atomic E-state index is 12.9. The zero-order valence-electron chi connectivity index (χ0n) is 14.8. The van der Waals surface area contributed by atoms with E-state index in [1.54, 1.807) is 12.1 Å². The lowest BCUT2D eigenvalue weighted by Crippen LogP contribution is -2.15. The Balaban J connectivity index is 1.35. The second-order valence-corrected chi connectivity index (χ2v) is 7.65. The van der Waals surface area contributed by atoms with Crippen molar-refractivity contribution < 1.29 is 13.5 Å². The Morgan fingerprint density at radius 2 is 2.04 bits per heavy atom. The largest absolute Gasteiger partial charge is 0.486 e. The summed E-state index contributed by atoms with van der Waals surface area (Å²) >= 11 is 2.96. The number of halogens is 1. The lowest BCUT2D eigenvalue weighted by atomic mass is 10.3. The van der Waals surface area contributed by atoms with E-state index in [-0.39, 0.29) is 12.4 Å². The van der Waals surface area contributed by atoms with Crippen LogP contribution in [-0.2, 0) is 12.4 Å². The van der Waals surface area contributed by atoms with Gasteiger partial charge in [0.15, 0.2) is 16.6 Å². The number of nitrogens with zero attached hydrogens (tertiary/aromatic N) is 4. The number of thiazole rings is 1. The zero-order chi connectivity index (χ0) is 19.5. The van der Waals surface area contributed by atoms with Crippen LogP contribution in [0.25, 0.3) is 10.8 Å². The van der Waals surface area contributed by atoms with Crippen molar-refractivity contribution in [1.29, 1.82) is 0 Å². The first kappa shape index (κ1) is 18.5.